The van der Waals surface area contributed by atoms with Crippen LogP contribution in [-0.2, 0) is 6.42 Å². The molecule has 0 spiro atoms. The Balaban J connectivity index is 2.13. The number of hydrogen-bond acceptors (Lipinski definition) is 4. The molecule has 1 aromatic rings. The van der Waals surface area contributed by atoms with Gasteiger partial charge in [-0.1, -0.05) is 6.92 Å². The van der Waals surface area contributed by atoms with Crippen molar-refractivity contribution in [1.82, 2.24) is 9.88 Å². The third-order valence-electron chi connectivity index (χ3n) is 3.01. The lowest BCUT2D eigenvalue weighted by atomic mass is 10.3. The Kier molecular flexibility index (Phi) is 3.79. The summed E-state index contributed by atoms with van der Waals surface area (Å²) < 4.78 is 0. The highest BCUT2D eigenvalue weighted by molar-refractivity contribution is 7.13. The third kappa shape index (κ3) is 2.66. The number of rotatable bonds is 3. The SMILES string of the molecule is CCCc1nc(C)c(C(=O)N2CC[C@@H](N)C2)s1. The summed E-state index contributed by atoms with van der Waals surface area (Å²) in [5, 5.41) is 1.07. The van der Waals surface area contributed by atoms with Gasteiger partial charge in [0.15, 0.2) is 0 Å². The standard InChI is InChI=1S/C12H19N3OS/c1-3-4-10-14-8(2)11(17-10)12(16)15-6-5-9(13)7-15/h9H,3-7,13H2,1-2H3/t9-/m1/s1. The molecule has 2 N–H and O–H groups in total. The Labute approximate surface area is 106 Å². The van der Waals surface area contributed by atoms with Crippen LogP contribution in [-0.4, -0.2) is 34.9 Å². The number of hydrogen-bond donors (Lipinski definition) is 1. The van der Waals surface area contributed by atoms with Gasteiger partial charge >= 0.3 is 0 Å². The first-order chi connectivity index (χ1) is 8.11. The number of nitrogens with zero attached hydrogens (tertiary/aromatic N) is 2. The minimum atomic E-state index is 0.107. The molecule has 1 fully saturated rings. The van der Waals surface area contributed by atoms with Crippen molar-refractivity contribution >= 4 is 17.2 Å². The van der Waals surface area contributed by atoms with Gasteiger partial charge in [0.05, 0.1) is 10.7 Å². The summed E-state index contributed by atoms with van der Waals surface area (Å²) in [5.74, 6) is 0.107. The number of likely N-dealkylation sites (tertiary alicyclic amines) is 1. The molecule has 5 heteroatoms. The van der Waals surface area contributed by atoms with Gasteiger partial charge in [-0.05, 0) is 26.2 Å². The van der Waals surface area contributed by atoms with Crippen molar-refractivity contribution in [3.05, 3.63) is 15.6 Å². The number of aryl methyl sites for hydroxylation is 2. The summed E-state index contributed by atoms with van der Waals surface area (Å²) >= 11 is 1.54. The molecule has 0 aromatic carbocycles. The molecule has 1 aromatic heterocycles. The maximum absolute atomic E-state index is 12.3. The second kappa shape index (κ2) is 5.14. The Morgan fingerprint density at radius 3 is 3.00 bits per heavy atom. The minimum Gasteiger partial charge on any atom is -0.336 e. The number of nitrogens with two attached hydrogens (primary N) is 1. The molecule has 4 nitrogen and oxygen atoms in total. The molecule has 0 radical (unpaired) electrons. The largest absolute Gasteiger partial charge is 0.336 e. The van der Waals surface area contributed by atoms with Gasteiger partial charge < -0.3 is 10.6 Å². The summed E-state index contributed by atoms with van der Waals surface area (Å²) in [6, 6.07) is 0.141. The molecule has 0 unspecified atom stereocenters. The van der Waals surface area contributed by atoms with E-state index >= 15 is 0 Å². The van der Waals surface area contributed by atoms with E-state index in [0.29, 0.717) is 6.54 Å². The van der Waals surface area contributed by atoms with E-state index in [1.165, 1.54) is 11.3 Å². The number of amides is 1. The van der Waals surface area contributed by atoms with Crippen molar-refractivity contribution < 1.29 is 4.79 Å². The average Bonchev–Trinajstić information content (AvgIpc) is 2.85. The van der Waals surface area contributed by atoms with Crippen LogP contribution in [0.3, 0.4) is 0 Å². The first kappa shape index (κ1) is 12.5. The number of aromatic nitrogens is 1. The van der Waals surface area contributed by atoms with Gasteiger partial charge in [-0.3, -0.25) is 4.79 Å². The topological polar surface area (TPSA) is 59.2 Å². The first-order valence-electron chi connectivity index (χ1n) is 6.13. The van der Waals surface area contributed by atoms with Crippen LogP contribution >= 0.6 is 11.3 Å². The molecular weight excluding hydrogens is 234 g/mol. The lowest BCUT2D eigenvalue weighted by molar-refractivity contribution is 0.0794. The number of thiazole rings is 1. The second-order valence-electron chi connectivity index (χ2n) is 4.57. The van der Waals surface area contributed by atoms with Gasteiger partial charge in [-0.25, -0.2) is 4.98 Å². The van der Waals surface area contributed by atoms with Crippen LogP contribution < -0.4 is 5.73 Å². The monoisotopic (exact) mass is 253 g/mol. The number of carbonyl (C=O) groups is 1. The highest BCUT2D eigenvalue weighted by Gasteiger charge is 2.27. The van der Waals surface area contributed by atoms with Gasteiger partial charge in [0.25, 0.3) is 5.91 Å². The zero-order chi connectivity index (χ0) is 12.4. The molecule has 17 heavy (non-hydrogen) atoms. The van der Waals surface area contributed by atoms with Gasteiger partial charge in [0.1, 0.15) is 4.88 Å². The van der Waals surface area contributed by atoms with E-state index in [-0.39, 0.29) is 11.9 Å². The fourth-order valence-corrected chi connectivity index (χ4v) is 3.22. The van der Waals surface area contributed by atoms with E-state index in [0.717, 1.165) is 41.4 Å². The van der Waals surface area contributed by atoms with Crippen molar-refractivity contribution in [2.24, 2.45) is 5.73 Å². The fourth-order valence-electron chi connectivity index (χ4n) is 2.09. The normalized spacial score (nSPS) is 19.9. The van der Waals surface area contributed by atoms with E-state index < -0.39 is 0 Å². The fraction of sp³-hybridized carbons (Fsp3) is 0.667. The Morgan fingerprint density at radius 1 is 1.65 bits per heavy atom. The minimum absolute atomic E-state index is 0.107. The highest BCUT2D eigenvalue weighted by atomic mass is 32.1. The molecule has 1 atom stereocenters. The van der Waals surface area contributed by atoms with Crippen molar-refractivity contribution in [2.75, 3.05) is 13.1 Å². The molecule has 2 rings (SSSR count). The lowest BCUT2D eigenvalue weighted by Gasteiger charge is -2.14. The van der Waals surface area contributed by atoms with Gasteiger partial charge in [-0.15, -0.1) is 11.3 Å². The Morgan fingerprint density at radius 2 is 2.41 bits per heavy atom. The maximum Gasteiger partial charge on any atom is 0.265 e. The molecule has 1 aliphatic heterocycles. The van der Waals surface area contributed by atoms with Crippen molar-refractivity contribution in [2.45, 2.75) is 39.2 Å². The van der Waals surface area contributed by atoms with E-state index in [1.54, 1.807) is 0 Å². The summed E-state index contributed by atoms with van der Waals surface area (Å²) in [4.78, 5) is 19.4. The van der Waals surface area contributed by atoms with Crippen LogP contribution in [0.25, 0.3) is 0 Å². The highest BCUT2D eigenvalue weighted by Crippen LogP contribution is 2.22. The molecule has 1 aliphatic rings. The molecule has 1 amide bonds. The van der Waals surface area contributed by atoms with Crippen molar-refractivity contribution in [1.29, 1.82) is 0 Å². The Hall–Kier alpha value is -0.940. The van der Waals surface area contributed by atoms with Crippen molar-refractivity contribution in [3.8, 4) is 0 Å². The molecule has 94 valence electrons. The molecule has 0 aliphatic carbocycles. The predicted molar refractivity (Wildman–Crippen MR) is 69.3 cm³/mol. The van der Waals surface area contributed by atoms with Crippen LogP contribution in [0.5, 0.6) is 0 Å². The zero-order valence-corrected chi connectivity index (χ0v) is 11.2. The van der Waals surface area contributed by atoms with Gasteiger partial charge in [-0.2, -0.15) is 0 Å². The first-order valence-corrected chi connectivity index (χ1v) is 6.94. The number of carbonyl (C=O) groups excluding carboxylic acids is 1. The maximum atomic E-state index is 12.3. The average molecular weight is 253 g/mol. The van der Waals surface area contributed by atoms with E-state index in [4.69, 9.17) is 5.73 Å². The lowest BCUT2D eigenvalue weighted by Crippen LogP contribution is -2.31. The Bertz CT molecular complexity index is 416. The van der Waals surface area contributed by atoms with Crippen LogP contribution in [0.4, 0.5) is 0 Å². The summed E-state index contributed by atoms with van der Waals surface area (Å²) in [7, 11) is 0. The molecular formula is C12H19N3OS. The molecule has 1 saturated heterocycles. The third-order valence-corrected chi connectivity index (χ3v) is 4.22. The zero-order valence-electron chi connectivity index (χ0n) is 10.4. The molecule has 0 saturated carbocycles. The van der Waals surface area contributed by atoms with Crippen LogP contribution in [0.1, 0.15) is 40.1 Å². The second-order valence-corrected chi connectivity index (χ2v) is 5.66. The molecule has 0 bridgehead atoms. The summed E-state index contributed by atoms with van der Waals surface area (Å²) in [6.07, 6.45) is 2.93. The summed E-state index contributed by atoms with van der Waals surface area (Å²) in [5.41, 5.74) is 6.69. The quantitative estimate of drug-likeness (QED) is 0.889. The van der Waals surface area contributed by atoms with Gasteiger partial charge in [0.2, 0.25) is 0 Å². The van der Waals surface area contributed by atoms with Gasteiger partial charge in [0, 0.05) is 19.1 Å². The smallest absolute Gasteiger partial charge is 0.265 e. The van der Waals surface area contributed by atoms with Crippen molar-refractivity contribution in [3.63, 3.8) is 0 Å². The molecule has 2 heterocycles. The van der Waals surface area contributed by atoms with E-state index in [2.05, 4.69) is 11.9 Å². The van der Waals surface area contributed by atoms with E-state index in [1.807, 2.05) is 11.8 Å². The summed E-state index contributed by atoms with van der Waals surface area (Å²) in [6.45, 7) is 5.50. The van der Waals surface area contributed by atoms with Crippen LogP contribution in [0.2, 0.25) is 0 Å². The van der Waals surface area contributed by atoms with Crippen LogP contribution in [0.15, 0.2) is 0 Å². The van der Waals surface area contributed by atoms with Crippen LogP contribution in [0, 0.1) is 6.92 Å². The van der Waals surface area contributed by atoms with E-state index in [9.17, 15) is 4.79 Å². The predicted octanol–water partition coefficient (Wildman–Crippen LogP) is 1.58.